The first-order valence-corrected chi connectivity index (χ1v) is 8.11. The van der Waals surface area contributed by atoms with E-state index in [-0.39, 0.29) is 18.0 Å². The van der Waals surface area contributed by atoms with Gasteiger partial charge in [-0.15, -0.1) is 0 Å². The molecule has 0 aliphatic carbocycles. The molecule has 0 saturated heterocycles. The summed E-state index contributed by atoms with van der Waals surface area (Å²) in [6, 6.07) is 11.9. The molecule has 0 fully saturated rings. The second-order valence-corrected chi connectivity index (χ2v) is 5.67. The predicted octanol–water partition coefficient (Wildman–Crippen LogP) is 2.24. The Bertz CT molecular complexity index is 828. The van der Waals surface area contributed by atoms with Gasteiger partial charge in [-0.3, -0.25) is 30.6 Å². The van der Waals surface area contributed by atoms with Gasteiger partial charge in [0.05, 0.1) is 9.95 Å². The van der Waals surface area contributed by atoms with Gasteiger partial charge >= 0.3 is 0 Å². The lowest BCUT2D eigenvalue weighted by Crippen LogP contribution is -2.48. The number of nitro benzene ring substituents is 1. The van der Waals surface area contributed by atoms with Crippen LogP contribution in [0.15, 0.2) is 48.5 Å². The Kier molecular flexibility index (Phi) is 6.95. The molecule has 2 rings (SSSR count). The summed E-state index contributed by atoms with van der Waals surface area (Å²) in [6.45, 7) is 1.12. The van der Waals surface area contributed by atoms with Crippen LogP contribution in [0.1, 0.15) is 6.92 Å². The average Bonchev–Trinajstić information content (AvgIpc) is 2.65. The number of para-hydroxylation sites is 1. The number of amides is 2. The number of non-ortho nitro benzene ring substituents is 1. The number of nitrogens with one attached hydrogen (secondary N) is 2. The van der Waals surface area contributed by atoms with E-state index in [9.17, 15) is 19.7 Å². The lowest BCUT2D eigenvalue weighted by atomic mass is 10.3. The number of ether oxygens (including phenoxy) is 2. The number of rotatable bonds is 7. The summed E-state index contributed by atoms with van der Waals surface area (Å²) in [5.74, 6) is -0.586. The average molecular weight is 394 g/mol. The van der Waals surface area contributed by atoms with Gasteiger partial charge in [0.1, 0.15) is 11.5 Å². The minimum absolute atomic E-state index is 0.0924. The highest BCUT2D eigenvalue weighted by atomic mass is 35.5. The maximum Gasteiger partial charge on any atom is 0.279 e. The highest BCUT2D eigenvalue weighted by Crippen LogP contribution is 2.22. The van der Waals surface area contributed by atoms with Gasteiger partial charge in [0.15, 0.2) is 12.7 Å². The second-order valence-electron chi connectivity index (χ2n) is 5.27. The van der Waals surface area contributed by atoms with Gasteiger partial charge in [0.25, 0.3) is 17.5 Å². The van der Waals surface area contributed by atoms with Crippen molar-refractivity contribution in [3.63, 3.8) is 0 Å². The molecule has 10 heteroatoms. The minimum atomic E-state index is -0.948. The predicted molar refractivity (Wildman–Crippen MR) is 96.4 cm³/mol. The maximum absolute atomic E-state index is 11.9. The summed E-state index contributed by atoms with van der Waals surface area (Å²) in [5, 5.41) is 11.0. The summed E-state index contributed by atoms with van der Waals surface area (Å²) in [6.07, 6.45) is -0.948. The molecule has 2 N–H and O–H groups in total. The van der Waals surface area contributed by atoms with Gasteiger partial charge < -0.3 is 9.47 Å². The minimum Gasteiger partial charge on any atom is -0.482 e. The molecule has 1 atom stereocenters. The summed E-state index contributed by atoms with van der Waals surface area (Å²) in [5.41, 5.74) is 4.29. The highest BCUT2D eigenvalue weighted by molar-refractivity contribution is 6.32. The molecule has 9 nitrogen and oxygen atoms in total. The van der Waals surface area contributed by atoms with Crippen LogP contribution in [0.2, 0.25) is 5.02 Å². The van der Waals surface area contributed by atoms with E-state index in [1.54, 1.807) is 24.3 Å². The molecule has 0 aromatic heterocycles. The molecule has 0 aliphatic rings. The monoisotopic (exact) mass is 393 g/mol. The van der Waals surface area contributed by atoms with Crippen molar-refractivity contribution in [2.24, 2.45) is 0 Å². The van der Waals surface area contributed by atoms with Gasteiger partial charge in [-0.2, -0.15) is 0 Å². The summed E-state index contributed by atoms with van der Waals surface area (Å²) in [7, 11) is 0. The SMILES string of the molecule is CC(Oc1ccc([N+](=O)[O-])cc1)C(=O)NNC(=O)COc1ccccc1Cl. The molecule has 2 amide bonds. The van der Waals surface area contributed by atoms with E-state index in [0.29, 0.717) is 10.8 Å². The first-order valence-electron chi connectivity index (χ1n) is 7.74. The Balaban J connectivity index is 1.76. The molecule has 2 aromatic rings. The molecule has 0 radical (unpaired) electrons. The number of hydrogen-bond donors (Lipinski definition) is 2. The fourth-order valence-electron chi connectivity index (χ4n) is 1.88. The van der Waals surface area contributed by atoms with Crippen LogP contribution < -0.4 is 20.3 Å². The number of carbonyl (C=O) groups is 2. The van der Waals surface area contributed by atoms with Crippen LogP contribution in [0.4, 0.5) is 5.69 Å². The first kappa shape index (κ1) is 20.0. The Morgan fingerprint density at radius 1 is 1.15 bits per heavy atom. The molecule has 2 aromatic carbocycles. The lowest BCUT2D eigenvalue weighted by Gasteiger charge is -2.15. The number of hydrogen-bond acceptors (Lipinski definition) is 6. The van der Waals surface area contributed by atoms with Crippen molar-refractivity contribution < 1.29 is 24.0 Å². The zero-order valence-electron chi connectivity index (χ0n) is 14.2. The van der Waals surface area contributed by atoms with Crippen LogP contribution in [0, 0.1) is 10.1 Å². The zero-order chi connectivity index (χ0) is 19.8. The van der Waals surface area contributed by atoms with Crippen LogP contribution in [0.25, 0.3) is 0 Å². The number of benzene rings is 2. The van der Waals surface area contributed by atoms with Crippen molar-refractivity contribution in [2.75, 3.05) is 6.61 Å². The van der Waals surface area contributed by atoms with E-state index in [4.69, 9.17) is 21.1 Å². The lowest BCUT2D eigenvalue weighted by molar-refractivity contribution is -0.384. The number of hydrazine groups is 1. The van der Waals surface area contributed by atoms with Crippen molar-refractivity contribution in [1.29, 1.82) is 0 Å². The van der Waals surface area contributed by atoms with Crippen LogP contribution >= 0.6 is 11.6 Å². The topological polar surface area (TPSA) is 120 Å². The Labute approximate surface area is 159 Å². The first-order chi connectivity index (χ1) is 12.9. The number of nitro groups is 1. The Morgan fingerprint density at radius 3 is 2.44 bits per heavy atom. The largest absolute Gasteiger partial charge is 0.482 e. The van der Waals surface area contributed by atoms with Crippen molar-refractivity contribution in [1.82, 2.24) is 10.9 Å². The van der Waals surface area contributed by atoms with Gasteiger partial charge in [-0.1, -0.05) is 23.7 Å². The molecule has 0 spiro atoms. The van der Waals surface area contributed by atoms with Crippen molar-refractivity contribution in [3.05, 3.63) is 63.7 Å². The summed E-state index contributed by atoms with van der Waals surface area (Å²) in [4.78, 5) is 33.7. The number of nitrogens with zero attached hydrogens (tertiary/aromatic N) is 1. The van der Waals surface area contributed by atoms with Crippen LogP contribution in [0.3, 0.4) is 0 Å². The fourth-order valence-corrected chi connectivity index (χ4v) is 2.07. The van der Waals surface area contributed by atoms with E-state index >= 15 is 0 Å². The maximum atomic E-state index is 11.9. The van der Waals surface area contributed by atoms with Crippen molar-refractivity contribution >= 4 is 29.1 Å². The Morgan fingerprint density at radius 2 is 1.81 bits per heavy atom. The van der Waals surface area contributed by atoms with E-state index in [1.807, 2.05) is 0 Å². The second kappa shape index (κ2) is 9.39. The molecule has 0 saturated carbocycles. The van der Waals surface area contributed by atoms with E-state index < -0.39 is 22.8 Å². The van der Waals surface area contributed by atoms with Crippen LogP contribution in [-0.2, 0) is 9.59 Å². The van der Waals surface area contributed by atoms with E-state index in [2.05, 4.69) is 10.9 Å². The molecule has 0 bridgehead atoms. The molecule has 1 unspecified atom stereocenters. The molecular weight excluding hydrogens is 378 g/mol. The molecular formula is C17H16ClN3O6. The number of halogens is 1. The van der Waals surface area contributed by atoms with Gasteiger partial charge in [-0.05, 0) is 31.2 Å². The highest BCUT2D eigenvalue weighted by Gasteiger charge is 2.16. The normalized spacial score (nSPS) is 11.2. The quantitative estimate of drug-likeness (QED) is 0.550. The Hall–Kier alpha value is -3.33. The van der Waals surface area contributed by atoms with Crippen molar-refractivity contribution in [3.8, 4) is 11.5 Å². The van der Waals surface area contributed by atoms with Crippen LogP contribution in [-0.4, -0.2) is 29.4 Å². The summed E-state index contributed by atoms with van der Waals surface area (Å²) >= 11 is 5.90. The summed E-state index contributed by atoms with van der Waals surface area (Å²) < 4.78 is 10.6. The van der Waals surface area contributed by atoms with Crippen LogP contribution in [0.5, 0.6) is 11.5 Å². The standard InChI is InChI=1S/C17H16ClN3O6/c1-11(27-13-8-6-12(7-9-13)21(24)25)17(23)20-19-16(22)10-26-15-5-3-2-4-14(15)18/h2-9,11H,10H2,1H3,(H,19,22)(H,20,23). The van der Waals surface area contributed by atoms with Gasteiger partial charge in [0, 0.05) is 12.1 Å². The molecule has 0 aliphatic heterocycles. The van der Waals surface area contributed by atoms with E-state index in [0.717, 1.165) is 0 Å². The van der Waals surface area contributed by atoms with Gasteiger partial charge in [-0.25, -0.2) is 0 Å². The molecule has 27 heavy (non-hydrogen) atoms. The fraction of sp³-hybridized carbons (Fsp3) is 0.176. The number of carbonyl (C=O) groups excluding carboxylic acids is 2. The molecule has 0 heterocycles. The smallest absolute Gasteiger partial charge is 0.279 e. The molecule has 142 valence electrons. The third-order valence-electron chi connectivity index (χ3n) is 3.25. The zero-order valence-corrected chi connectivity index (χ0v) is 14.9. The third-order valence-corrected chi connectivity index (χ3v) is 3.56. The van der Waals surface area contributed by atoms with Gasteiger partial charge in [0.2, 0.25) is 0 Å². The third kappa shape index (κ3) is 6.15. The van der Waals surface area contributed by atoms with E-state index in [1.165, 1.54) is 31.2 Å². The van der Waals surface area contributed by atoms with Crippen molar-refractivity contribution in [2.45, 2.75) is 13.0 Å².